The summed E-state index contributed by atoms with van der Waals surface area (Å²) in [7, 11) is 0.232. The Morgan fingerprint density at radius 3 is 2.60 bits per heavy atom. The zero-order valence-electron chi connectivity index (χ0n) is 7.24. The Bertz CT molecular complexity index is 51.6. The van der Waals surface area contributed by atoms with E-state index in [0.29, 0.717) is 0 Å². The molecule has 3 heteroatoms. The van der Waals surface area contributed by atoms with E-state index in [1.165, 1.54) is 18.6 Å². The molecular formula is C7H20N2Si. The molecule has 0 aromatic carbocycles. The molecular weight excluding hydrogens is 140 g/mol. The van der Waals surface area contributed by atoms with Crippen molar-refractivity contribution < 1.29 is 0 Å². The van der Waals surface area contributed by atoms with Gasteiger partial charge in [-0.2, -0.15) is 0 Å². The first kappa shape index (κ1) is 10.1. The molecule has 0 unspecified atom stereocenters. The third kappa shape index (κ3) is 8.14. The Morgan fingerprint density at radius 1 is 1.20 bits per heavy atom. The van der Waals surface area contributed by atoms with Crippen molar-refractivity contribution in [3.8, 4) is 0 Å². The van der Waals surface area contributed by atoms with Gasteiger partial charge in [0.1, 0.15) is 0 Å². The van der Waals surface area contributed by atoms with Crippen LogP contribution in [0, 0.1) is 0 Å². The smallest absolute Gasteiger partial charge is 0.0451 e. The Kier molecular flexibility index (Phi) is 9.26. The van der Waals surface area contributed by atoms with Crippen LogP contribution >= 0.6 is 0 Å². The van der Waals surface area contributed by atoms with Gasteiger partial charge in [0.15, 0.2) is 0 Å². The molecule has 0 spiro atoms. The normalized spacial score (nSPS) is 11.4. The van der Waals surface area contributed by atoms with Gasteiger partial charge in [0.05, 0.1) is 0 Å². The minimum atomic E-state index is 0.232. The second kappa shape index (κ2) is 9.14. The first-order valence-corrected chi connectivity index (χ1v) is 6.33. The van der Waals surface area contributed by atoms with E-state index in [-0.39, 0.29) is 9.52 Å². The second-order valence-corrected chi connectivity index (χ2v) is 4.40. The molecule has 0 bridgehead atoms. The molecule has 0 saturated heterocycles. The number of hydrogen-bond acceptors (Lipinski definition) is 2. The standard InChI is InChI=1S/C7H20N2Si/c1-3-5-10-7-9-6-8-4-2/h8-9H,3-7,10H2,1-2H3. The van der Waals surface area contributed by atoms with Crippen LogP contribution in [-0.4, -0.2) is 28.9 Å². The fraction of sp³-hybridized carbons (Fsp3) is 1.00. The molecule has 0 radical (unpaired) electrons. The Labute approximate surface area is 66.6 Å². The van der Waals surface area contributed by atoms with Crippen LogP contribution in [0.25, 0.3) is 0 Å². The van der Waals surface area contributed by atoms with Gasteiger partial charge in [0, 0.05) is 16.2 Å². The van der Waals surface area contributed by atoms with E-state index in [2.05, 4.69) is 24.5 Å². The number of rotatable bonds is 7. The Morgan fingerprint density at radius 2 is 2.00 bits per heavy atom. The van der Waals surface area contributed by atoms with Crippen LogP contribution in [0.4, 0.5) is 0 Å². The predicted octanol–water partition coefficient (Wildman–Crippen LogP) is 0.0976. The van der Waals surface area contributed by atoms with Crippen LogP contribution in [0.5, 0.6) is 0 Å². The summed E-state index contributed by atoms with van der Waals surface area (Å²) < 4.78 is 0. The van der Waals surface area contributed by atoms with Crippen LogP contribution in [0.2, 0.25) is 6.04 Å². The number of hydrogen-bond donors (Lipinski definition) is 2. The van der Waals surface area contributed by atoms with Crippen molar-refractivity contribution in [3.63, 3.8) is 0 Å². The number of nitrogens with one attached hydrogen (secondary N) is 2. The molecule has 0 fully saturated rings. The topological polar surface area (TPSA) is 24.1 Å². The average molecular weight is 160 g/mol. The molecule has 2 nitrogen and oxygen atoms in total. The predicted molar refractivity (Wildman–Crippen MR) is 50.2 cm³/mol. The lowest BCUT2D eigenvalue weighted by molar-refractivity contribution is 0.641. The maximum Gasteiger partial charge on any atom is 0.0451 e. The summed E-state index contributed by atoms with van der Waals surface area (Å²) in [5.74, 6) is 0. The van der Waals surface area contributed by atoms with Gasteiger partial charge in [-0.15, -0.1) is 0 Å². The zero-order valence-corrected chi connectivity index (χ0v) is 8.66. The summed E-state index contributed by atoms with van der Waals surface area (Å²) in [6.07, 6.45) is 2.66. The van der Waals surface area contributed by atoms with E-state index in [9.17, 15) is 0 Å². The van der Waals surface area contributed by atoms with Crippen molar-refractivity contribution in [2.75, 3.05) is 19.4 Å². The summed E-state index contributed by atoms with van der Waals surface area (Å²) in [4.78, 5) is 0. The minimum absolute atomic E-state index is 0.232. The molecule has 0 heterocycles. The molecule has 0 aromatic heterocycles. The lowest BCUT2D eigenvalue weighted by Gasteiger charge is -2.02. The fourth-order valence-corrected chi connectivity index (χ4v) is 1.98. The average Bonchev–Trinajstić information content (AvgIpc) is 1.97. The highest BCUT2D eigenvalue weighted by Crippen LogP contribution is 1.82. The van der Waals surface area contributed by atoms with Crippen molar-refractivity contribution >= 4 is 9.52 Å². The molecule has 0 rings (SSSR count). The van der Waals surface area contributed by atoms with E-state index in [4.69, 9.17) is 0 Å². The summed E-state index contributed by atoms with van der Waals surface area (Å²) >= 11 is 0. The van der Waals surface area contributed by atoms with Gasteiger partial charge in [0.25, 0.3) is 0 Å². The van der Waals surface area contributed by atoms with Crippen molar-refractivity contribution in [1.29, 1.82) is 0 Å². The van der Waals surface area contributed by atoms with Gasteiger partial charge >= 0.3 is 0 Å². The van der Waals surface area contributed by atoms with Gasteiger partial charge in [-0.05, 0) is 12.7 Å². The van der Waals surface area contributed by atoms with Crippen molar-refractivity contribution in [2.24, 2.45) is 0 Å². The molecule has 2 N–H and O–H groups in total. The maximum absolute atomic E-state index is 3.37. The highest BCUT2D eigenvalue weighted by atomic mass is 28.2. The van der Waals surface area contributed by atoms with Crippen molar-refractivity contribution in [1.82, 2.24) is 10.6 Å². The molecule has 62 valence electrons. The lowest BCUT2D eigenvalue weighted by Crippen LogP contribution is -2.31. The van der Waals surface area contributed by atoms with Crippen LogP contribution < -0.4 is 10.6 Å². The summed E-state index contributed by atoms with van der Waals surface area (Å²) in [6, 6.07) is 1.49. The van der Waals surface area contributed by atoms with Crippen molar-refractivity contribution in [2.45, 2.75) is 26.3 Å². The Hall–Kier alpha value is 0.137. The first-order chi connectivity index (χ1) is 4.91. The van der Waals surface area contributed by atoms with E-state index in [1.54, 1.807) is 0 Å². The van der Waals surface area contributed by atoms with E-state index >= 15 is 0 Å². The van der Waals surface area contributed by atoms with Crippen LogP contribution in [-0.2, 0) is 0 Å². The highest BCUT2D eigenvalue weighted by Gasteiger charge is 1.85. The summed E-state index contributed by atoms with van der Waals surface area (Å²) in [6.45, 7) is 6.46. The Balaban J connectivity index is 2.65. The summed E-state index contributed by atoms with van der Waals surface area (Å²) in [5.41, 5.74) is 0. The SMILES string of the molecule is CCC[SiH2]CNCNCC. The maximum atomic E-state index is 3.37. The van der Waals surface area contributed by atoms with Gasteiger partial charge in [-0.1, -0.05) is 26.3 Å². The molecule has 0 aliphatic rings. The molecule has 0 atom stereocenters. The van der Waals surface area contributed by atoms with E-state index in [1.807, 2.05) is 0 Å². The second-order valence-electron chi connectivity index (χ2n) is 2.49. The monoisotopic (exact) mass is 160 g/mol. The van der Waals surface area contributed by atoms with Crippen molar-refractivity contribution in [3.05, 3.63) is 0 Å². The molecule has 0 amide bonds. The van der Waals surface area contributed by atoms with Gasteiger partial charge in [-0.3, -0.25) is 0 Å². The highest BCUT2D eigenvalue weighted by molar-refractivity contribution is 6.35. The summed E-state index contributed by atoms with van der Waals surface area (Å²) in [5, 5.41) is 6.61. The fourth-order valence-electron chi connectivity index (χ4n) is 0.802. The molecule has 0 saturated carbocycles. The molecule has 0 aliphatic heterocycles. The van der Waals surface area contributed by atoms with Gasteiger partial charge in [0.2, 0.25) is 0 Å². The van der Waals surface area contributed by atoms with Gasteiger partial charge in [-0.25, -0.2) is 0 Å². The van der Waals surface area contributed by atoms with E-state index < -0.39 is 0 Å². The van der Waals surface area contributed by atoms with Crippen LogP contribution in [0.3, 0.4) is 0 Å². The quantitative estimate of drug-likeness (QED) is 0.313. The molecule has 0 aromatic rings. The minimum Gasteiger partial charge on any atom is -0.308 e. The van der Waals surface area contributed by atoms with Crippen LogP contribution in [0.15, 0.2) is 0 Å². The molecule has 10 heavy (non-hydrogen) atoms. The third-order valence-corrected chi connectivity index (χ3v) is 3.37. The van der Waals surface area contributed by atoms with Crippen LogP contribution in [0.1, 0.15) is 20.3 Å². The molecule has 0 aliphatic carbocycles. The van der Waals surface area contributed by atoms with Gasteiger partial charge < -0.3 is 10.6 Å². The zero-order chi connectivity index (χ0) is 7.66. The lowest BCUT2D eigenvalue weighted by atomic mass is 10.6. The van der Waals surface area contributed by atoms with E-state index in [0.717, 1.165) is 13.2 Å². The third-order valence-electron chi connectivity index (χ3n) is 1.46. The largest absolute Gasteiger partial charge is 0.308 e. The first-order valence-electron chi connectivity index (χ1n) is 4.33.